The van der Waals surface area contributed by atoms with E-state index in [9.17, 15) is 35.1 Å². The maximum Gasteiger partial charge on any atom is 0.496 e. The minimum atomic E-state index is -4.62. The van der Waals surface area contributed by atoms with Gasteiger partial charge < -0.3 is 57.4 Å². The second-order valence-corrected chi connectivity index (χ2v) is 23.8. The number of anilines is 3. The van der Waals surface area contributed by atoms with Crippen LogP contribution in [-0.4, -0.2) is 209 Å². The molecular formula is C65H96BBrCl4F8N22O11. The molecule has 10 rings (SSSR count). The smallest absolute Gasteiger partial charge is 0.463 e. The van der Waals surface area contributed by atoms with E-state index in [-0.39, 0.29) is 68.5 Å². The molecule has 5 N–H and O–H groups in total. The van der Waals surface area contributed by atoms with Crippen molar-refractivity contribution in [1.29, 1.82) is 0 Å². The Morgan fingerprint density at radius 2 is 1.01 bits per heavy atom. The summed E-state index contributed by atoms with van der Waals surface area (Å²) in [7, 11) is 10.2. The fourth-order valence-corrected chi connectivity index (χ4v) is 7.78. The van der Waals surface area contributed by atoms with Crippen LogP contribution in [0.1, 0.15) is 97.8 Å². The zero-order chi connectivity index (χ0) is 78.8. The first-order valence-corrected chi connectivity index (χ1v) is 32.3. The van der Waals surface area contributed by atoms with Crippen LogP contribution in [0.5, 0.6) is 11.8 Å². The number of pyridine rings is 2. The van der Waals surface area contributed by atoms with E-state index in [1.807, 2.05) is 27.7 Å². The number of ether oxygens (including phenoxy) is 9. The van der Waals surface area contributed by atoms with Crippen molar-refractivity contribution in [3.8, 4) is 23.0 Å². The number of nitrogens with zero attached hydrogens (tertiary/aromatic N) is 18. The van der Waals surface area contributed by atoms with Crippen LogP contribution in [0.3, 0.4) is 0 Å². The van der Waals surface area contributed by atoms with Gasteiger partial charge in [-0.1, -0.05) is 91.0 Å². The third kappa shape index (κ3) is 36.7. The lowest BCUT2D eigenvalue weighted by atomic mass is 9.80. The average molecular weight is 1750 g/mol. The number of methoxy groups -OCH3 is 7. The summed E-state index contributed by atoms with van der Waals surface area (Å²) in [6.45, 7) is 10.8. The zero-order valence-corrected chi connectivity index (χ0v) is 63.1. The predicted molar refractivity (Wildman–Crippen MR) is 418 cm³/mol. The van der Waals surface area contributed by atoms with Crippen molar-refractivity contribution in [1.82, 2.24) is 79.0 Å². The van der Waals surface area contributed by atoms with Crippen molar-refractivity contribution in [2.45, 2.75) is 141 Å². The standard InChI is InChI=1S/C15H13F4N5O2.C14H18BF4NO3.C7H8BrClN4O.C7H7ClN4O.C7H9ClN4O.C5H12O3.C4H5ClN4.6CH4/c1-8(15(17,18)19)26-14-10(16)3-9(4-21-14)11-6-24-12(5-20-11)22-23-13(24)7-25-2;1-8(14(17,18)19)21-11-10(16)6-9(7-20-11)15-22-12(2,3)13(4,5)23-15;1-14-4-5(8)12-13-7-3-10-6(9)2-11-7;1-13-4-7-11-10-6-2-9-5(8)3-12(6)7;1-13-3-2-11-12-7-5-9-6(8)4-10-7;1-6-4-5(7-2)8-3;5-3-1-8-4(9-6)2-7-3;;;;;;/h3-6,8H,7H2,1-2H3;6-8H,1-5H3;2-3H,4H2,1H3,(H,11,13);2-3H,4H2,1H3;2,4-5H,3H2,1H3,(H,10,12);5H,4H2,1-3H3;1-2H,6H2,(H,8,9);6*1H4/b;;12-5-;;11-2+;;;;;;;;/t2*8-;;;;;;;;;;;/m00.........../s1. The van der Waals surface area contributed by atoms with Crippen LogP contribution >= 0.6 is 62.3 Å². The molecule has 33 nitrogen and oxygen atoms in total. The Balaban J connectivity index is -0.00000127. The summed E-state index contributed by atoms with van der Waals surface area (Å²) in [5.41, 5.74) is 8.43. The number of hydrogen-bond acceptors (Lipinski definition) is 31. The Kier molecular flexibility index (Phi) is 51.7. The molecule has 0 bridgehead atoms. The number of fused-ring (bicyclic) bond motifs is 2. The third-order valence-corrected chi connectivity index (χ3v) is 14.3. The summed E-state index contributed by atoms with van der Waals surface area (Å²) in [5.74, 6) is 4.30. The Bertz CT molecular complexity index is 4130. The number of nitrogen functional groups attached to an aromatic ring is 1. The van der Waals surface area contributed by atoms with E-state index in [0.29, 0.717) is 97.8 Å². The molecular weight excluding hydrogens is 1650 g/mol. The summed E-state index contributed by atoms with van der Waals surface area (Å²) < 4.78 is 161. The van der Waals surface area contributed by atoms with Gasteiger partial charge in [-0.2, -0.15) is 36.5 Å². The number of aromatic nitrogens is 16. The van der Waals surface area contributed by atoms with Gasteiger partial charge in [-0.25, -0.2) is 59.5 Å². The molecule has 0 spiro atoms. The highest BCUT2D eigenvalue weighted by molar-refractivity contribution is 9.18. The molecule has 112 heavy (non-hydrogen) atoms. The molecule has 1 saturated heterocycles. The lowest BCUT2D eigenvalue weighted by Gasteiger charge is -2.32. The molecule has 1 aliphatic rings. The summed E-state index contributed by atoms with van der Waals surface area (Å²) in [6, 6.07) is 2.01. The SMILES string of the molecule is C.C.C.C.C.C.COC/C(Br)=N/Nc1cnc(Cl)cn1.COC/C=N/Nc1cnc(Cl)cn1.COCC(OC)OC.COCc1nnc2cnc(-c3cnc(O[C@@H](C)C(F)(F)F)c(F)c3)cn12.COCc1nnc2cnc(Cl)cn12.C[C@H](Oc1ncc(B2OC(C)(C)C(C)(C)O2)cc1F)C(F)(F)F.NNc1cnc(Cl)cn1. The van der Waals surface area contributed by atoms with Gasteiger partial charge in [0.2, 0.25) is 0 Å². The predicted octanol–water partition coefficient (Wildman–Crippen LogP) is 14.1. The molecule has 0 radical (unpaired) electrons. The van der Waals surface area contributed by atoms with Crippen LogP contribution in [0, 0.1) is 11.6 Å². The molecule has 1 fully saturated rings. The molecule has 10 heterocycles. The van der Waals surface area contributed by atoms with Gasteiger partial charge in [0.25, 0.3) is 11.8 Å². The number of rotatable bonds is 23. The number of hydrazine groups is 1. The number of halogens is 13. The van der Waals surface area contributed by atoms with Crippen molar-refractivity contribution in [2.75, 3.05) is 85.9 Å². The number of hydrogen-bond donors (Lipinski definition) is 4. The zero-order valence-electron chi connectivity index (χ0n) is 58.5. The van der Waals surface area contributed by atoms with Gasteiger partial charge in [0.1, 0.15) is 38.4 Å². The van der Waals surface area contributed by atoms with E-state index in [2.05, 4.69) is 122 Å². The second-order valence-electron chi connectivity index (χ2n) is 21.4. The van der Waals surface area contributed by atoms with E-state index in [4.69, 9.17) is 94.7 Å². The van der Waals surface area contributed by atoms with Crippen molar-refractivity contribution in [3.05, 3.63) is 130 Å². The summed E-state index contributed by atoms with van der Waals surface area (Å²) in [4.78, 5) is 38.2. The van der Waals surface area contributed by atoms with Crippen LogP contribution in [0.2, 0.25) is 20.6 Å². The minimum absolute atomic E-state index is 0. The number of nitrogens with one attached hydrogen (secondary N) is 3. The maximum absolute atomic E-state index is 14.1. The molecule has 1 aliphatic heterocycles. The normalized spacial score (nSPS) is 12.9. The Hall–Kier alpha value is -8.28. The lowest BCUT2D eigenvalue weighted by Crippen LogP contribution is -2.41. The van der Waals surface area contributed by atoms with Gasteiger partial charge in [-0.05, 0) is 69.6 Å². The van der Waals surface area contributed by atoms with Gasteiger partial charge in [-0.15, -0.1) is 20.4 Å². The number of alkyl halides is 6. The van der Waals surface area contributed by atoms with Crippen LogP contribution in [-0.2, 0) is 55.7 Å². The Labute approximate surface area is 673 Å². The lowest BCUT2D eigenvalue weighted by molar-refractivity contribution is -0.190. The van der Waals surface area contributed by atoms with Crippen molar-refractivity contribution >= 4 is 114 Å². The molecule has 2 atom stereocenters. The molecule has 9 aromatic rings. The molecule has 0 aliphatic carbocycles. The van der Waals surface area contributed by atoms with E-state index >= 15 is 0 Å². The first-order valence-electron chi connectivity index (χ1n) is 30.0. The van der Waals surface area contributed by atoms with Crippen LogP contribution in [0.25, 0.3) is 22.6 Å². The number of hydrazone groups is 2. The van der Waals surface area contributed by atoms with Gasteiger partial charge >= 0.3 is 19.5 Å². The monoisotopic (exact) mass is 1740 g/mol. The molecule has 0 saturated carbocycles. The Morgan fingerprint density at radius 1 is 0.562 bits per heavy atom. The highest BCUT2D eigenvalue weighted by atomic mass is 79.9. The van der Waals surface area contributed by atoms with Gasteiger partial charge in [0.15, 0.2) is 70.5 Å². The second kappa shape index (κ2) is 53.7. The largest absolute Gasteiger partial charge is 0.496 e. The van der Waals surface area contributed by atoms with Crippen LogP contribution < -0.4 is 37.1 Å². The maximum atomic E-state index is 14.1. The van der Waals surface area contributed by atoms with Crippen molar-refractivity contribution in [3.63, 3.8) is 0 Å². The molecule has 0 aromatic carbocycles. The highest BCUT2D eigenvalue weighted by Gasteiger charge is 2.52. The van der Waals surface area contributed by atoms with Crippen molar-refractivity contribution < 1.29 is 87.1 Å². The van der Waals surface area contributed by atoms with Gasteiger partial charge in [-0.3, -0.25) is 24.6 Å². The van der Waals surface area contributed by atoms with E-state index in [0.717, 1.165) is 26.0 Å². The molecule has 47 heteroatoms. The molecule has 0 unspecified atom stereocenters. The average Bonchev–Trinajstić information content (AvgIpc) is 1.62. The van der Waals surface area contributed by atoms with E-state index in [1.54, 1.807) is 76.3 Å². The Morgan fingerprint density at radius 3 is 1.41 bits per heavy atom. The fraction of sp³-hybridized carbons (Fsp3) is 0.477. The quantitative estimate of drug-likeness (QED) is 0.0115. The van der Waals surface area contributed by atoms with Crippen molar-refractivity contribution in [2.24, 2.45) is 16.0 Å². The van der Waals surface area contributed by atoms with Gasteiger partial charge in [0.05, 0.1) is 92.5 Å². The molecule has 9 aromatic heterocycles. The van der Waals surface area contributed by atoms with Gasteiger partial charge in [0, 0.05) is 85.6 Å². The number of nitrogens with two attached hydrogens (primary N) is 1. The topological polar surface area (TPSA) is 378 Å². The van der Waals surface area contributed by atoms with E-state index < -0.39 is 66.3 Å². The summed E-state index contributed by atoms with van der Waals surface area (Å²) in [6.07, 6.45) is 5.07. The van der Waals surface area contributed by atoms with E-state index in [1.165, 1.54) is 62.9 Å². The third-order valence-electron chi connectivity index (χ3n) is 13.1. The highest BCUT2D eigenvalue weighted by Crippen LogP contribution is 2.37. The minimum Gasteiger partial charge on any atom is -0.463 e. The summed E-state index contributed by atoms with van der Waals surface area (Å²) >= 11 is 25.4. The molecule has 626 valence electrons. The molecule has 0 amide bonds. The first-order chi connectivity index (χ1) is 50.2. The summed E-state index contributed by atoms with van der Waals surface area (Å²) in [5, 5.41) is 24.9. The van der Waals surface area contributed by atoms with Crippen LogP contribution in [0.15, 0.2) is 96.7 Å². The van der Waals surface area contributed by atoms with Crippen LogP contribution in [0.4, 0.5) is 52.6 Å². The fourth-order valence-electron chi connectivity index (χ4n) is 7.02. The first kappa shape index (κ1) is 108.